The number of hydrogen-bond donors (Lipinski definition) is 1. The molecule has 0 saturated carbocycles. The van der Waals surface area contributed by atoms with Gasteiger partial charge in [0.1, 0.15) is 0 Å². The first kappa shape index (κ1) is 12.0. The summed E-state index contributed by atoms with van der Waals surface area (Å²) in [6, 6.07) is 3.25. The van der Waals surface area contributed by atoms with E-state index < -0.39 is 4.92 Å². The number of hydrogen-bond acceptors (Lipinski definition) is 5. The molecule has 0 aliphatic heterocycles. The van der Waals surface area contributed by atoms with Crippen LogP contribution >= 0.6 is 0 Å². The lowest BCUT2D eigenvalue weighted by Gasteiger charge is -2.03. The second-order valence-electron chi connectivity index (χ2n) is 4.09. The normalized spacial score (nSPS) is 10.6. The molecular weight excluding hydrogens is 234 g/mol. The van der Waals surface area contributed by atoms with Crippen molar-refractivity contribution in [3.05, 3.63) is 40.8 Å². The number of pyridine rings is 1. The molecule has 0 atom stereocenters. The summed E-state index contributed by atoms with van der Waals surface area (Å²) in [5, 5.41) is 17.7. The van der Waals surface area contributed by atoms with Gasteiger partial charge >= 0.3 is 5.82 Å². The SMILES string of the molecule is CC(C)n1cc(Nc2ccc([N+](=O)[O-])nc2)cn1. The molecule has 0 fully saturated rings. The lowest BCUT2D eigenvalue weighted by atomic mass is 10.4. The molecular formula is C11H13N5O2. The van der Waals surface area contributed by atoms with E-state index in [2.05, 4.69) is 15.4 Å². The van der Waals surface area contributed by atoms with Gasteiger partial charge in [-0.3, -0.25) is 4.68 Å². The van der Waals surface area contributed by atoms with Crippen LogP contribution in [0.5, 0.6) is 0 Å². The van der Waals surface area contributed by atoms with E-state index in [-0.39, 0.29) is 11.9 Å². The average Bonchev–Trinajstić information content (AvgIpc) is 2.78. The maximum absolute atomic E-state index is 10.5. The number of nitro groups is 1. The maximum Gasteiger partial charge on any atom is 0.363 e. The van der Waals surface area contributed by atoms with Gasteiger partial charge < -0.3 is 15.4 Å². The molecule has 1 N–H and O–H groups in total. The summed E-state index contributed by atoms with van der Waals surface area (Å²) in [7, 11) is 0. The van der Waals surface area contributed by atoms with Crippen molar-refractivity contribution in [2.24, 2.45) is 0 Å². The van der Waals surface area contributed by atoms with Gasteiger partial charge in [0.25, 0.3) is 0 Å². The van der Waals surface area contributed by atoms with Crippen LogP contribution in [0.3, 0.4) is 0 Å². The predicted octanol–water partition coefficient (Wildman–Crippen LogP) is 2.51. The second-order valence-corrected chi connectivity index (χ2v) is 4.09. The van der Waals surface area contributed by atoms with Crippen LogP contribution < -0.4 is 5.32 Å². The van der Waals surface area contributed by atoms with Gasteiger partial charge in [-0.05, 0) is 29.8 Å². The summed E-state index contributed by atoms with van der Waals surface area (Å²) in [6.45, 7) is 4.06. The zero-order valence-electron chi connectivity index (χ0n) is 10.1. The van der Waals surface area contributed by atoms with Crippen LogP contribution in [0.1, 0.15) is 19.9 Å². The van der Waals surface area contributed by atoms with Gasteiger partial charge in [0.05, 0.1) is 17.6 Å². The Morgan fingerprint density at radius 2 is 2.11 bits per heavy atom. The Balaban J connectivity index is 2.10. The summed E-state index contributed by atoms with van der Waals surface area (Å²) in [5.74, 6) is -0.168. The largest absolute Gasteiger partial charge is 0.363 e. The van der Waals surface area contributed by atoms with Gasteiger partial charge in [-0.2, -0.15) is 5.10 Å². The quantitative estimate of drug-likeness (QED) is 0.662. The number of nitrogens with one attached hydrogen (secondary N) is 1. The van der Waals surface area contributed by atoms with E-state index in [9.17, 15) is 10.1 Å². The molecule has 2 heterocycles. The predicted molar refractivity (Wildman–Crippen MR) is 66.8 cm³/mol. The number of nitrogens with zero attached hydrogens (tertiary/aromatic N) is 4. The van der Waals surface area contributed by atoms with Gasteiger partial charge in [0.2, 0.25) is 0 Å². The van der Waals surface area contributed by atoms with Crippen LogP contribution in [0, 0.1) is 10.1 Å². The maximum atomic E-state index is 10.5. The summed E-state index contributed by atoms with van der Waals surface area (Å²) in [6.07, 6.45) is 4.98. The minimum atomic E-state index is -0.527. The molecule has 0 unspecified atom stereocenters. The van der Waals surface area contributed by atoms with Crippen LogP contribution in [0.15, 0.2) is 30.7 Å². The van der Waals surface area contributed by atoms with Crippen LogP contribution in [-0.4, -0.2) is 19.7 Å². The third kappa shape index (κ3) is 2.62. The third-order valence-electron chi connectivity index (χ3n) is 2.35. The van der Waals surface area contributed by atoms with Crippen molar-refractivity contribution in [2.45, 2.75) is 19.9 Å². The molecule has 94 valence electrons. The summed E-state index contributed by atoms with van der Waals surface area (Å²) >= 11 is 0. The molecule has 0 aromatic carbocycles. The Hall–Kier alpha value is -2.44. The van der Waals surface area contributed by atoms with Crippen LogP contribution in [-0.2, 0) is 0 Å². The molecule has 0 bridgehead atoms. The lowest BCUT2D eigenvalue weighted by Crippen LogP contribution is -2.00. The molecule has 7 heteroatoms. The summed E-state index contributed by atoms with van der Waals surface area (Å²) in [5.41, 5.74) is 1.50. The fourth-order valence-corrected chi connectivity index (χ4v) is 1.42. The average molecular weight is 247 g/mol. The Kier molecular flexibility index (Phi) is 3.22. The Labute approximate surface area is 104 Å². The molecule has 18 heavy (non-hydrogen) atoms. The first-order chi connectivity index (χ1) is 8.56. The van der Waals surface area contributed by atoms with E-state index in [1.165, 1.54) is 12.3 Å². The number of rotatable bonds is 4. The smallest absolute Gasteiger partial charge is 0.358 e. The highest BCUT2D eigenvalue weighted by atomic mass is 16.6. The Morgan fingerprint density at radius 3 is 2.61 bits per heavy atom. The topological polar surface area (TPSA) is 85.9 Å². The van der Waals surface area contributed by atoms with E-state index >= 15 is 0 Å². The van der Waals surface area contributed by atoms with E-state index in [1.54, 1.807) is 12.3 Å². The van der Waals surface area contributed by atoms with E-state index in [1.807, 2.05) is 24.7 Å². The Morgan fingerprint density at radius 1 is 1.33 bits per heavy atom. The molecule has 0 aliphatic rings. The van der Waals surface area contributed by atoms with E-state index in [0.717, 1.165) is 5.69 Å². The fraction of sp³-hybridized carbons (Fsp3) is 0.273. The third-order valence-corrected chi connectivity index (χ3v) is 2.35. The van der Waals surface area contributed by atoms with Gasteiger partial charge in [-0.1, -0.05) is 0 Å². The molecule has 2 rings (SSSR count). The Bertz CT molecular complexity index is 547. The van der Waals surface area contributed by atoms with Gasteiger partial charge in [0, 0.05) is 18.3 Å². The van der Waals surface area contributed by atoms with Crippen molar-refractivity contribution in [1.29, 1.82) is 0 Å². The minimum Gasteiger partial charge on any atom is -0.358 e. The fourth-order valence-electron chi connectivity index (χ4n) is 1.42. The molecule has 0 spiro atoms. The zero-order chi connectivity index (χ0) is 13.1. The lowest BCUT2D eigenvalue weighted by molar-refractivity contribution is -0.389. The number of aromatic nitrogens is 3. The highest BCUT2D eigenvalue weighted by molar-refractivity contribution is 5.57. The molecule has 0 amide bonds. The van der Waals surface area contributed by atoms with Crippen molar-refractivity contribution in [1.82, 2.24) is 14.8 Å². The minimum absolute atomic E-state index is 0.168. The van der Waals surface area contributed by atoms with Crippen molar-refractivity contribution in [3.63, 3.8) is 0 Å². The highest BCUT2D eigenvalue weighted by Crippen LogP contribution is 2.18. The van der Waals surface area contributed by atoms with Crippen LogP contribution in [0.4, 0.5) is 17.2 Å². The first-order valence-electron chi connectivity index (χ1n) is 5.48. The summed E-state index contributed by atoms with van der Waals surface area (Å²) < 4.78 is 1.82. The molecule has 2 aromatic rings. The van der Waals surface area contributed by atoms with Gasteiger partial charge in [-0.15, -0.1) is 0 Å². The molecule has 7 nitrogen and oxygen atoms in total. The highest BCUT2D eigenvalue weighted by Gasteiger charge is 2.07. The standard InChI is InChI=1S/C11H13N5O2/c1-8(2)15-7-10(6-13-15)14-9-3-4-11(12-5-9)16(17)18/h3-8,14H,1-2H3. The van der Waals surface area contributed by atoms with E-state index in [4.69, 9.17) is 0 Å². The molecule has 0 radical (unpaired) electrons. The van der Waals surface area contributed by atoms with Crippen molar-refractivity contribution in [3.8, 4) is 0 Å². The zero-order valence-corrected chi connectivity index (χ0v) is 10.1. The second kappa shape index (κ2) is 4.82. The van der Waals surface area contributed by atoms with Crippen molar-refractivity contribution >= 4 is 17.2 Å². The van der Waals surface area contributed by atoms with Gasteiger partial charge in [0.15, 0.2) is 6.20 Å². The van der Waals surface area contributed by atoms with Crippen molar-refractivity contribution in [2.75, 3.05) is 5.32 Å². The summed E-state index contributed by atoms with van der Waals surface area (Å²) in [4.78, 5) is 13.7. The van der Waals surface area contributed by atoms with E-state index in [0.29, 0.717) is 5.69 Å². The molecule has 0 aliphatic carbocycles. The first-order valence-corrected chi connectivity index (χ1v) is 5.48. The van der Waals surface area contributed by atoms with Crippen LogP contribution in [0.25, 0.3) is 0 Å². The molecule has 2 aromatic heterocycles. The monoisotopic (exact) mass is 247 g/mol. The number of anilines is 2. The van der Waals surface area contributed by atoms with Crippen LogP contribution in [0.2, 0.25) is 0 Å². The van der Waals surface area contributed by atoms with Gasteiger partial charge in [-0.25, -0.2) is 0 Å². The molecule has 0 saturated heterocycles. The van der Waals surface area contributed by atoms with Crippen molar-refractivity contribution < 1.29 is 4.92 Å².